The van der Waals surface area contributed by atoms with Crippen LogP contribution in [0.4, 0.5) is 5.69 Å². The summed E-state index contributed by atoms with van der Waals surface area (Å²) < 4.78 is 11.0. The van der Waals surface area contributed by atoms with Gasteiger partial charge in [-0.25, -0.2) is 4.98 Å². The predicted molar refractivity (Wildman–Crippen MR) is 131 cm³/mol. The fourth-order valence-electron chi connectivity index (χ4n) is 4.64. The number of nitrogens with one attached hydrogen (secondary N) is 1. The predicted octanol–water partition coefficient (Wildman–Crippen LogP) is 4.31. The zero-order valence-electron chi connectivity index (χ0n) is 19.4. The van der Waals surface area contributed by atoms with E-state index < -0.39 is 0 Å². The van der Waals surface area contributed by atoms with Crippen molar-refractivity contribution in [3.05, 3.63) is 64.8 Å². The molecule has 1 N–H and O–H groups in total. The topological polar surface area (TPSA) is 74.6 Å². The molecule has 0 aliphatic carbocycles. The molecule has 5 rings (SSSR count). The van der Waals surface area contributed by atoms with E-state index in [1.165, 1.54) is 17.6 Å². The number of ether oxygens (including phenoxy) is 1. The molecule has 33 heavy (non-hydrogen) atoms. The van der Waals surface area contributed by atoms with Crippen molar-refractivity contribution in [1.29, 1.82) is 0 Å². The van der Waals surface area contributed by atoms with Crippen LogP contribution < -0.4 is 15.1 Å². The molecule has 0 saturated carbocycles. The zero-order chi connectivity index (χ0) is 23.1. The summed E-state index contributed by atoms with van der Waals surface area (Å²) in [5.41, 5.74) is 5.58. The molecular weight excluding hydrogens is 416 g/mol. The van der Waals surface area contributed by atoms with E-state index in [0.717, 1.165) is 30.8 Å². The normalized spacial score (nSPS) is 16.2. The van der Waals surface area contributed by atoms with Gasteiger partial charge in [0.25, 0.3) is 0 Å². The SMILES string of the molecule is COc1cc2[nH]c(-c3ccc(C)c(N4CC[C@@H](N(C)C)C4)c3)cc(=O)c2cc1-c1cnco1. The Morgan fingerprint density at radius 3 is 2.76 bits per heavy atom. The third-order valence-corrected chi connectivity index (χ3v) is 6.60. The van der Waals surface area contributed by atoms with Crippen LogP contribution in [0.1, 0.15) is 12.0 Å². The van der Waals surface area contributed by atoms with Gasteiger partial charge < -0.3 is 23.9 Å². The molecule has 2 aromatic heterocycles. The van der Waals surface area contributed by atoms with Gasteiger partial charge in [0.15, 0.2) is 17.6 Å². The lowest BCUT2D eigenvalue weighted by atomic mass is 10.0. The van der Waals surface area contributed by atoms with Gasteiger partial charge in [0.2, 0.25) is 0 Å². The molecule has 170 valence electrons. The number of hydrogen-bond acceptors (Lipinski definition) is 6. The van der Waals surface area contributed by atoms with Gasteiger partial charge >= 0.3 is 0 Å². The standard InChI is InChI=1S/C26H28N4O3/c1-16-5-6-17(9-23(16)30-8-7-18(14-30)29(2)3)21-11-24(31)19-10-20(26-13-27-15-33-26)25(32-4)12-22(19)28-21/h5-6,9-13,15,18H,7-8,14H2,1-4H3,(H,28,31)/t18-/m1/s1. The van der Waals surface area contributed by atoms with Crippen molar-refractivity contribution >= 4 is 16.6 Å². The minimum Gasteiger partial charge on any atom is -0.496 e. The molecule has 0 amide bonds. The summed E-state index contributed by atoms with van der Waals surface area (Å²) in [4.78, 5) is 25.2. The Kier molecular flexibility index (Phi) is 5.42. The van der Waals surface area contributed by atoms with Crippen LogP contribution in [-0.4, -0.2) is 55.2 Å². The van der Waals surface area contributed by atoms with E-state index in [1.807, 2.05) is 6.07 Å². The maximum absolute atomic E-state index is 13.1. The van der Waals surface area contributed by atoms with E-state index in [2.05, 4.69) is 59.0 Å². The Labute approximate surface area is 192 Å². The molecule has 0 bridgehead atoms. The van der Waals surface area contributed by atoms with E-state index in [9.17, 15) is 4.79 Å². The average Bonchev–Trinajstić information content (AvgIpc) is 3.51. The van der Waals surface area contributed by atoms with Crippen molar-refractivity contribution in [2.75, 3.05) is 39.2 Å². The van der Waals surface area contributed by atoms with E-state index in [-0.39, 0.29) is 5.43 Å². The van der Waals surface area contributed by atoms with Gasteiger partial charge in [-0.2, -0.15) is 0 Å². The molecule has 4 aromatic rings. The summed E-state index contributed by atoms with van der Waals surface area (Å²) in [5, 5.41) is 0.576. The Balaban J connectivity index is 1.57. The maximum atomic E-state index is 13.1. The number of aromatic amines is 1. The van der Waals surface area contributed by atoms with Crippen LogP contribution in [0.25, 0.3) is 33.5 Å². The number of H-pyrrole nitrogens is 1. The first-order valence-electron chi connectivity index (χ1n) is 11.1. The number of nitrogens with zero attached hydrogens (tertiary/aromatic N) is 3. The molecule has 1 atom stereocenters. The van der Waals surface area contributed by atoms with Crippen LogP contribution in [0.5, 0.6) is 5.75 Å². The molecule has 7 heteroatoms. The minimum absolute atomic E-state index is 0.0573. The van der Waals surface area contributed by atoms with Crippen LogP contribution >= 0.6 is 0 Å². The third kappa shape index (κ3) is 3.89. The van der Waals surface area contributed by atoms with Crippen LogP contribution in [0.2, 0.25) is 0 Å². The molecule has 0 spiro atoms. The minimum atomic E-state index is -0.0573. The summed E-state index contributed by atoms with van der Waals surface area (Å²) in [6.45, 7) is 4.18. The Hall–Kier alpha value is -3.58. The highest BCUT2D eigenvalue weighted by atomic mass is 16.5. The summed E-state index contributed by atoms with van der Waals surface area (Å²) in [5.74, 6) is 1.17. The number of rotatable bonds is 5. The number of oxazole rings is 1. The van der Waals surface area contributed by atoms with E-state index in [4.69, 9.17) is 9.15 Å². The quantitative estimate of drug-likeness (QED) is 0.495. The molecule has 2 aromatic carbocycles. The Bertz CT molecular complexity index is 1360. The number of benzene rings is 2. The number of fused-ring (bicyclic) bond motifs is 1. The second-order valence-corrected chi connectivity index (χ2v) is 8.86. The van der Waals surface area contributed by atoms with Crippen molar-refractivity contribution in [1.82, 2.24) is 14.9 Å². The molecule has 0 unspecified atom stereocenters. The maximum Gasteiger partial charge on any atom is 0.190 e. The van der Waals surface area contributed by atoms with Gasteiger partial charge in [0.05, 0.1) is 24.4 Å². The number of aryl methyl sites for hydroxylation is 1. The van der Waals surface area contributed by atoms with E-state index >= 15 is 0 Å². The van der Waals surface area contributed by atoms with Crippen LogP contribution in [0.3, 0.4) is 0 Å². The molecule has 1 aliphatic heterocycles. The van der Waals surface area contributed by atoms with Gasteiger partial charge in [-0.15, -0.1) is 0 Å². The van der Waals surface area contributed by atoms with Crippen molar-refractivity contribution in [3.8, 4) is 28.3 Å². The zero-order valence-corrected chi connectivity index (χ0v) is 19.4. The number of likely N-dealkylation sites (N-methyl/N-ethyl adjacent to an activating group) is 1. The summed E-state index contributed by atoms with van der Waals surface area (Å²) in [6.07, 6.45) is 4.12. The Morgan fingerprint density at radius 2 is 2.06 bits per heavy atom. The molecule has 7 nitrogen and oxygen atoms in total. The van der Waals surface area contributed by atoms with Crippen molar-refractivity contribution in [2.45, 2.75) is 19.4 Å². The molecular formula is C26H28N4O3. The summed E-state index contributed by atoms with van der Waals surface area (Å²) in [6, 6.07) is 12.2. The second-order valence-electron chi connectivity index (χ2n) is 8.86. The molecule has 0 radical (unpaired) electrons. The highest BCUT2D eigenvalue weighted by Gasteiger charge is 2.25. The average molecular weight is 445 g/mol. The van der Waals surface area contributed by atoms with Gasteiger partial charge in [0, 0.05) is 53.6 Å². The third-order valence-electron chi connectivity index (χ3n) is 6.60. The fraction of sp³-hybridized carbons (Fsp3) is 0.308. The highest BCUT2D eigenvalue weighted by Crippen LogP contribution is 2.34. The number of hydrogen-bond donors (Lipinski definition) is 1. The van der Waals surface area contributed by atoms with Crippen molar-refractivity contribution in [2.24, 2.45) is 0 Å². The number of aromatic nitrogens is 2. The highest BCUT2D eigenvalue weighted by molar-refractivity contribution is 5.89. The van der Waals surface area contributed by atoms with Crippen molar-refractivity contribution < 1.29 is 9.15 Å². The lowest BCUT2D eigenvalue weighted by Crippen LogP contribution is -2.31. The smallest absolute Gasteiger partial charge is 0.190 e. The first-order valence-corrected chi connectivity index (χ1v) is 11.1. The number of anilines is 1. The fourth-order valence-corrected chi connectivity index (χ4v) is 4.64. The number of pyridine rings is 1. The van der Waals surface area contributed by atoms with Crippen LogP contribution in [-0.2, 0) is 0 Å². The largest absolute Gasteiger partial charge is 0.496 e. The monoisotopic (exact) mass is 444 g/mol. The molecule has 3 heterocycles. The molecule has 1 fully saturated rings. The van der Waals surface area contributed by atoms with Gasteiger partial charge in [-0.1, -0.05) is 12.1 Å². The number of methoxy groups -OCH3 is 1. The summed E-state index contributed by atoms with van der Waals surface area (Å²) in [7, 11) is 5.88. The van der Waals surface area contributed by atoms with Gasteiger partial charge in [-0.05, 0) is 45.1 Å². The Morgan fingerprint density at radius 1 is 1.21 bits per heavy atom. The summed E-state index contributed by atoms with van der Waals surface area (Å²) >= 11 is 0. The second kappa shape index (κ2) is 8.41. The van der Waals surface area contributed by atoms with Crippen LogP contribution in [0.15, 0.2) is 58.2 Å². The van der Waals surface area contributed by atoms with E-state index in [1.54, 1.807) is 25.4 Å². The van der Waals surface area contributed by atoms with E-state index in [0.29, 0.717) is 34.0 Å². The van der Waals surface area contributed by atoms with Crippen molar-refractivity contribution in [3.63, 3.8) is 0 Å². The van der Waals surface area contributed by atoms with Gasteiger partial charge in [0.1, 0.15) is 5.75 Å². The van der Waals surface area contributed by atoms with Gasteiger partial charge in [-0.3, -0.25) is 4.79 Å². The first kappa shape index (κ1) is 21.3. The molecule has 1 aliphatic rings. The first-order chi connectivity index (χ1) is 15.9. The lowest BCUT2D eigenvalue weighted by molar-refractivity contribution is 0.315. The van der Waals surface area contributed by atoms with Crippen LogP contribution in [0, 0.1) is 6.92 Å². The lowest BCUT2D eigenvalue weighted by Gasteiger charge is -2.24. The molecule has 1 saturated heterocycles.